The summed E-state index contributed by atoms with van der Waals surface area (Å²) in [5.74, 6) is 0.701. The standard InChI is InChI=1S/C46H30N2/c1-4-16-31(17-5-1)34-26-14-29-41(40-28-15-27-39-37-23-11-10-22-35(37)36-24-12-13-25-38(36)44(39)40)45(34)46-47-42(32-18-6-2-7-19-32)30-43(48-46)33-20-8-3-9-21-33/h1-30H. The van der Waals surface area contributed by atoms with E-state index in [0.717, 1.165) is 50.3 Å². The summed E-state index contributed by atoms with van der Waals surface area (Å²) in [4.78, 5) is 10.7. The van der Waals surface area contributed by atoms with Crippen LogP contribution in [0.4, 0.5) is 0 Å². The Morgan fingerprint density at radius 3 is 1.25 bits per heavy atom. The van der Waals surface area contributed by atoms with Crippen molar-refractivity contribution >= 4 is 32.3 Å². The number of rotatable bonds is 5. The van der Waals surface area contributed by atoms with E-state index in [-0.39, 0.29) is 0 Å². The van der Waals surface area contributed by atoms with Gasteiger partial charge >= 0.3 is 0 Å². The Balaban J connectivity index is 1.42. The van der Waals surface area contributed by atoms with Gasteiger partial charge < -0.3 is 0 Å². The Labute approximate surface area is 279 Å². The SMILES string of the molecule is c1ccc(-c2cc(-c3ccccc3)nc(-c3c(-c4ccccc4)cccc3-c3cccc4c5ccccc5c5ccccc5c34)n2)cc1. The first kappa shape index (κ1) is 27.9. The zero-order valence-corrected chi connectivity index (χ0v) is 26.2. The second-order valence-electron chi connectivity index (χ2n) is 12.1. The fraction of sp³-hybridized carbons (Fsp3) is 0. The Bertz CT molecular complexity index is 2490. The molecule has 224 valence electrons. The van der Waals surface area contributed by atoms with E-state index in [1.807, 2.05) is 12.1 Å². The molecular formula is C46H30N2. The van der Waals surface area contributed by atoms with E-state index in [1.165, 1.54) is 32.3 Å². The summed E-state index contributed by atoms with van der Waals surface area (Å²) in [6, 6.07) is 64.4. The summed E-state index contributed by atoms with van der Waals surface area (Å²) in [7, 11) is 0. The lowest BCUT2D eigenvalue weighted by Crippen LogP contribution is -2.00. The zero-order valence-electron chi connectivity index (χ0n) is 26.2. The highest BCUT2D eigenvalue weighted by molar-refractivity contribution is 6.28. The van der Waals surface area contributed by atoms with Crippen LogP contribution in [0.5, 0.6) is 0 Å². The maximum atomic E-state index is 5.35. The van der Waals surface area contributed by atoms with Gasteiger partial charge in [-0.3, -0.25) is 0 Å². The molecule has 0 unspecified atom stereocenters. The summed E-state index contributed by atoms with van der Waals surface area (Å²) in [5, 5.41) is 7.48. The van der Waals surface area contributed by atoms with Crippen molar-refractivity contribution in [2.24, 2.45) is 0 Å². The molecule has 8 aromatic carbocycles. The Morgan fingerprint density at radius 1 is 0.292 bits per heavy atom. The summed E-state index contributed by atoms with van der Waals surface area (Å²) < 4.78 is 0. The minimum Gasteiger partial charge on any atom is -0.228 e. The molecule has 0 aliphatic rings. The van der Waals surface area contributed by atoms with Crippen LogP contribution in [-0.4, -0.2) is 9.97 Å². The Morgan fingerprint density at radius 2 is 0.688 bits per heavy atom. The molecule has 0 spiro atoms. The first-order valence-electron chi connectivity index (χ1n) is 16.3. The molecule has 0 atom stereocenters. The minimum atomic E-state index is 0.701. The van der Waals surface area contributed by atoms with Crippen molar-refractivity contribution in [3.8, 4) is 56.2 Å². The van der Waals surface area contributed by atoms with Crippen molar-refractivity contribution in [1.29, 1.82) is 0 Å². The third-order valence-electron chi connectivity index (χ3n) is 9.30. The highest BCUT2D eigenvalue weighted by Gasteiger charge is 2.21. The van der Waals surface area contributed by atoms with Gasteiger partial charge in [0.2, 0.25) is 0 Å². The molecule has 1 heterocycles. The van der Waals surface area contributed by atoms with Crippen molar-refractivity contribution in [2.45, 2.75) is 0 Å². The van der Waals surface area contributed by atoms with Gasteiger partial charge in [-0.15, -0.1) is 0 Å². The van der Waals surface area contributed by atoms with Crippen LogP contribution in [0.2, 0.25) is 0 Å². The molecule has 0 radical (unpaired) electrons. The van der Waals surface area contributed by atoms with Crippen molar-refractivity contribution in [1.82, 2.24) is 9.97 Å². The molecule has 0 fully saturated rings. The van der Waals surface area contributed by atoms with E-state index in [2.05, 4.69) is 170 Å². The highest BCUT2D eigenvalue weighted by Crippen LogP contribution is 2.45. The molecule has 48 heavy (non-hydrogen) atoms. The number of aromatic nitrogens is 2. The molecule has 0 saturated heterocycles. The third kappa shape index (κ3) is 4.74. The fourth-order valence-electron chi connectivity index (χ4n) is 7.13. The normalized spacial score (nSPS) is 11.3. The van der Waals surface area contributed by atoms with Crippen LogP contribution in [0.1, 0.15) is 0 Å². The zero-order chi connectivity index (χ0) is 31.9. The first-order chi connectivity index (χ1) is 23.8. The van der Waals surface area contributed by atoms with Crippen LogP contribution in [0, 0.1) is 0 Å². The van der Waals surface area contributed by atoms with Crippen LogP contribution >= 0.6 is 0 Å². The number of hydrogen-bond donors (Lipinski definition) is 0. The number of fused-ring (bicyclic) bond motifs is 6. The van der Waals surface area contributed by atoms with E-state index in [9.17, 15) is 0 Å². The summed E-state index contributed by atoms with van der Waals surface area (Å²) in [6.45, 7) is 0. The Hall–Kier alpha value is -6.38. The molecule has 9 rings (SSSR count). The molecule has 0 aliphatic carbocycles. The van der Waals surface area contributed by atoms with Gasteiger partial charge in [0.15, 0.2) is 5.82 Å². The largest absolute Gasteiger partial charge is 0.228 e. The maximum Gasteiger partial charge on any atom is 0.161 e. The van der Waals surface area contributed by atoms with Gasteiger partial charge in [0.05, 0.1) is 11.4 Å². The lowest BCUT2D eigenvalue weighted by molar-refractivity contribution is 1.18. The molecule has 0 aliphatic heterocycles. The van der Waals surface area contributed by atoms with E-state index < -0.39 is 0 Å². The Kier molecular flexibility index (Phi) is 6.84. The fourth-order valence-corrected chi connectivity index (χ4v) is 7.13. The van der Waals surface area contributed by atoms with E-state index in [4.69, 9.17) is 9.97 Å². The van der Waals surface area contributed by atoms with Gasteiger partial charge in [-0.25, -0.2) is 9.97 Å². The summed E-state index contributed by atoms with van der Waals surface area (Å²) >= 11 is 0. The lowest BCUT2D eigenvalue weighted by atomic mass is 9.86. The average molecular weight is 611 g/mol. The van der Waals surface area contributed by atoms with Gasteiger partial charge in [0, 0.05) is 16.7 Å². The van der Waals surface area contributed by atoms with Gasteiger partial charge in [0.1, 0.15) is 0 Å². The molecule has 2 nitrogen and oxygen atoms in total. The van der Waals surface area contributed by atoms with Crippen LogP contribution in [0.15, 0.2) is 182 Å². The number of nitrogens with zero attached hydrogens (tertiary/aromatic N) is 2. The minimum absolute atomic E-state index is 0.701. The second kappa shape index (κ2) is 11.8. The molecule has 1 aromatic heterocycles. The molecule has 0 bridgehead atoms. The van der Waals surface area contributed by atoms with Gasteiger partial charge in [-0.2, -0.15) is 0 Å². The van der Waals surface area contributed by atoms with Crippen LogP contribution in [0.3, 0.4) is 0 Å². The second-order valence-corrected chi connectivity index (χ2v) is 12.1. The topological polar surface area (TPSA) is 25.8 Å². The van der Waals surface area contributed by atoms with Crippen LogP contribution in [0.25, 0.3) is 88.5 Å². The maximum absolute atomic E-state index is 5.35. The van der Waals surface area contributed by atoms with E-state index in [0.29, 0.717) is 5.82 Å². The molecule has 2 heteroatoms. The van der Waals surface area contributed by atoms with Gasteiger partial charge in [0.25, 0.3) is 0 Å². The number of benzene rings is 8. The molecule has 9 aromatic rings. The summed E-state index contributed by atoms with van der Waals surface area (Å²) in [6.07, 6.45) is 0. The van der Waals surface area contributed by atoms with Crippen molar-refractivity contribution in [3.05, 3.63) is 182 Å². The van der Waals surface area contributed by atoms with Crippen molar-refractivity contribution in [2.75, 3.05) is 0 Å². The molecule has 0 N–H and O–H groups in total. The van der Waals surface area contributed by atoms with Crippen molar-refractivity contribution in [3.63, 3.8) is 0 Å². The smallest absolute Gasteiger partial charge is 0.161 e. The van der Waals surface area contributed by atoms with Gasteiger partial charge in [-0.1, -0.05) is 176 Å². The first-order valence-corrected chi connectivity index (χ1v) is 16.3. The predicted octanol–water partition coefficient (Wildman–Crippen LogP) is 12.3. The summed E-state index contributed by atoms with van der Waals surface area (Å²) in [5.41, 5.74) is 9.40. The van der Waals surface area contributed by atoms with Crippen molar-refractivity contribution < 1.29 is 0 Å². The van der Waals surface area contributed by atoms with Crippen LogP contribution in [-0.2, 0) is 0 Å². The molecular weight excluding hydrogens is 581 g/mol. The van der Waals surface area contributed by atoms with E-state index >= 15 is 0 Å². The molecule has 0 amide bonds. The molecule has 0 saturated carbocycles. The predicted molar refractivity (Wildman–Crippen MR) is 202 cm³/mol. The van der Waals surface area contributed by atoms with E-state index in [1.54, 1.807) is 0 Å². The van der Waals surface area contributed by atoms with Crippen LogP contribution < -0.4 is 0 Å². The average Bonchev–Trinajstić information content (AvgIpc) is 3.18. The lowest BCUT2D eigenvalue weighted by Gasteiger charge is -2.19. The monoisotopic (exact) mass is 610 g/mol. The quantitative estimate of drug-likeness (QED) is 0.181. The van der Waals surface area contributed by atoms with Gasteiger partial charge in [-0.05, 0) is 60.6 Å². The number of hydrogen-bond acceptors (Lipinski definition) is 2. The third-order valence-corrected chi connectivity index (χ3v) is 9.30. The highest BCUT2D eigenvalue weighted by atomic mass is 14.9.